The molecule has 0 spiro atoms. The standard InChI is InChI=1S/C13H8Cl.C5H5.2ClH.Zr/c14-11-5-6-13-10(8-11)7-9-3-1-2-4-12(9)13;1-2-4-5-3-1;;;/h1-8H;1-3H,4H2;2*1H;/q2*-1;;;+4/p-2. The summed E-state index contributed by atoms with van der Waals surface area (Å²) in [7, 11) is 0. The van der Waals surface area contributed by atoms with Gasteiger partial charge < -0.3 is 24.8 Å². The van der Waals surface area contributed by atoms with Gasteiger partial charge in [0.15, 0.2) is 0 Å². The van der Waals surface area contributed by atoms with Crippen molar-refractivity contribution in [3.8, 4) is 0 Å². The van der Waals surface area contributed by atoms with Crippen LogP contribution in [-0.2, 0) is 26.2 Å². The van der Waals surface area contributed by atoms with Crippen LogP contribution in [0.1, 0.15) is 6.42 Å². The molecule has 0 nitrogen and oxygen atoms in total. The third-order valence-electron chi connectivity index (χ3n) is 3.16. The minimum absolute atomic E-state index is 0. The maximum Gasteiger partial charge on any atom is 4.00 e. The second kappa shape index (κ2) is 10.3. The van der Waals surface area contributed by atoms with E-state index in [1.54, 1.807) is 0 Å². The molecular weight excluding hydrogens is 414 g/mol. The van der Waals surface area contributed by atoms with E-state index >= 15 is 0 Å². The summed E-state index contributed by atoms with van der Waals surface area (Å²) in [6.07, 6.45) is 10.0. The van der Waals surface area contributed by atoms with Gasteiger partial charge in [-0.25, -0.2) is 12.2 Å². The molecular formula is C18H13Cl3Zr. The largest absolute Gasteiger partial charge is 4.00 e. The fourth-order valence-corrected chi connectivity index (χ4v) is 2.45. The molecule has 0 fully saturated rings. The third kappa shape index (κ3) is 5.03. The van der Waals surface area contributed by atoms with Crippen LogP contribution in [0, 0.1) is 6.08 Å². The quantitative estimate of drug-likeness (QED) is 0.432. The van der Waals surface area contributed by atoms with Crippen LogP contribution in [0.4, 0.5) is 0 Å². The molecule has 0 N–H and O–H groups in total. The van der Waals surface area contributed by atoms with Crippen LogP contribution in [0.2, 0.25) is 5.02 Å². The number of hydrogen-bond donors (Lipinski definition) is 0. The molecule has 0 aliphatic heterocycles. The average molecular weight is 427 g/mol. The van der Waals surface area contributed by atoms with E-state index in [9.17, 15) is 0 Å². The van der Waals surface area contributed by atoms with Crippen LogP contribution in [-0.4, -0.2) is 0 Å². The number of fused-ring (bicyclic) bond motifs is 3. The van der Waals surface area contributed by atoms with Crippen molar-refractivity contribution >= 4 is 33.1 Å². The Morgan fingerprint density at radius 1 is 0.955 bits per heavy atom. The molecule has 0 amide bonds. The van der Waals surface area contributed by atoms with Crippen LogP contribution in [0.3, 0.4) is 0 Å². The Morgan fingerprint density at radius 3 is 2.32 bits per heavy atom. The topological polar surface area (TPSA) is 0 Å². The summed E-state index contributed by atoms with van der Waals surface area (Å²) in [4.78, 5) is 0. The summed E-state index contributed by atoms with van der Waals surface area (Å²) in [6, 6.07) is 16.6. The Morgan fingerprint density at radius 2 is 1.68 bits per heavy atom. The molecule has 0 heterocycles. The van der Waals surface area contributed by atoms with Gasteiger partial charge in [-0.2, -0.15) is 6.08 Å². The molecule has 1 aliphatic rings. The molecule has 0 atom stereocenters. The van der Waals surface area contributed by atoms with Crippen LogP contribution in [0.5, 0.6) is 0 Å². The smallest absolute Gasteiger partial charge is 1.00 e. The van der Waals surface area contributed by atoms with Crippen molar-refractivity contribution in [2.75, 3.05) is 0 Å². The van der Waals surface area contributed by atoms with Crippen molar-refractivity contribution in [1.29, 1.82) is 0 Å². The maximum absolute atomic E-state index is 5.95. The Balaban J connectivity index is 0.000000482. The minimum Gasteiger partial charge on any atom is -1.00 e. The van der Waals surface area contributed by atoms with Crippen LogP contribution < -0.4 is 24.8 Å². The van der Waals surface area contributed by atoms with E-state index in [0.717, 1.165) is 11.4 Å². The maximum atomic E-state index is 5.95. The van der Waals surface area contributed by atoms with Gasteiger partial charge in [-0.1, -0.05) is 41.9 Å². The van der Waals surface area contributed by atoms with E-state index in [1.807, 2.05) is 24.3 Å². The van der Waals surface area contributed by atoms with Gasteiger partial charge in [0.05, 0.1) is 0 Å². The van der Waals surface area contributed by atoms with Gasteiger partial charge in [0.25, 0.3) is 0 Å². The first-order valence-electron chi connectivity index (χ1n) is 6.30. The van der Waals surface area contributed by atoms with E-state index < -0.39 is 0 Å². The third-order valence-corrected chi connectivity index (χ3v) is 3.40. The summed E-state index contributed by atoms with van der Waals surface area (Å²) < 4.78 is 0. The van der Waals surface area contributed by atoms with Crippen molar-refractivity contribution < 1.29 is 51.0 Å². The van der Waals surface area contributed by atoms with Gasteiger partial charge in [-0.05, 0) is 0 Å². The predicted octanol–water partition coefficient (Wildman–Crippen LogP) is -0.324. The number of rotatable bonds is 0. The zero-order valence-corrected chi connectivity index (χ0v) is 16.4. The summed E-state index contributed by atoms with van der Waals surface area (Å²) in [5.74, 6) is 0. The normalized spacial score (nSPS) is 11.1. The Labute approximate surface area is 167 Å². The van der Waals surface area contributed by atoms with Crippen LogP contribution in [0.15, 0.2) is 66.8 Å². The zero-order valence-electron chi connectivity index (χ0n) is 11.7. The molecule has 3 aromatic rings. The molecule has 0 aromatic heterocycles. The molecule has 4 heteroatoms. The first kappa shape index (κ1) is 21.5. The fourth-order valence-electron chi connectivity index (χ4n) is 2.27. The van der Waals surface area contributed by atoms with Crippen molar-refractivity contribution in [2.45, 2.75) is 6.42 Å². The number of allylic oxidation sites excluding steroid dienone is 4. The number of benzene rings is 2. The second-order valence-electron chi connectivity index (χ2n) is 4.47. The van der Waals surface area contributed by atoms with Crippen molar-refractivity contribution in [3.05, 3.63) is 77.9 Å². The van der Waals surface area contributed by atoms with E-state index in [4.69, 9.17) is 11.6 Å². The molecule has 0 radical (unpaired) electrons. The second-order valence-corrected chi connectivity index (χ2v) is 4.90. The summed E-state index contributed by atoms with van der Waals surface area (Å²) in [5, 5.41) is 5.89. The van der Waals surface area contributed by atoms with Gasteiger partial charge in [0.2, 0.25) is 0 Å². The predicted molar refractivity (Wildman–Crippen MR) is 83.6 cm³/mol. The summed E-state index contributed by atoms with van der Waals surface area (Å²) in [6.45, 7) is 0. The van der Waals surface area contributed by atoms with Gasteiger partial charge >= 0.3 is 26.2 Å². The minimum atomic E-state index is 0. The fraction of sp³-hybridized carbons (Fsp3) is 0.0556. The van der Waals surface area contributed by atoms with Gasteiger partial charge in [0.1, 0.15) is 0 Å². The molecule has 3 aromatic carbocycles. The van der Waals surface area contributed by atoms with E-state index in [0.29, 0.717) is 0 Å². The molecule has 22 heavy (non-hydrogen) atoms. The number of hydrogen-bond acceptors (Lipinski definition) is 0. The van der Waals surface area contributed by atoms with E-state index in [1.165, 1.54) is 21.5 Å². The van der Waals surface area contributed by atoms with Crippen LogP contribution >= 0.6 is 11.6 Å². The summed E-state index contributed by atoms with van der Waals surface area (Å²) >= 11 is 5.95. The van der Waals surface area contributed by atoms with Crippen LogP contribution in [0.25, 0.3) is 21.5 Å². The van der Waals surface area contributed by atoms with Crippen molar-refractivity contribution in [3.63, 3.8) is 0 Å². The van der Waals surface area contributed by atoms with Crippen molar-refractivity contribution in [1.82, 2.24) is 0 Å². The summed E-state index contributed by atoms with van der Waals surface area (Å²) in [5.41, 5.74) is 0. The van der Waals surface area contributed by atoms with E-state index in [-0.39, 0.29) is 51.0 Å². The van der Waals surface area contributed by atoms with Gasteiger partial charge in [0, 0.05) is 5.02 Å². The number of halogens is 3. The molecule has 0 saturated carbocycles. The van der Waals surface area contributed by atoms with Crippen molar-refractivity contribution in [2.24, 2.45) is 0 Å². The molecule has 110 valence electrons. The zero-order chi connectivity index (χ0) is 13.1. The first-order chi connectivity index (χ1) is 9.34. The molecule has 0 bridgehead atoms. The SMILES string of the molecule is Clc1ccc2c(c1)[cH-]c1ccccc12.[C-]1=CC=CC1.[Cl-].[Cl-].[Zr+4]. The Hall–Kier alpha value is -0.457. The molecule has 0 saturated heterocycles. The van der Waals surface area contributed by atoms with Gasteiger partial charge in [-0.15, -0.1) is 46.2 Å². The molecule has 0 unspecified atom stereocenters. The molecule has 1 aliphatic carbocycles. The Kier molecular flexibility index (Phi) is 10.1. The van der Waals surface area contributed by atoms with Gasteiger partial charge in [-0.3, -0.25) is 6.08 Å². The Bertz CT molecular complexity index is 762. The van der Waals surface area contributed by atoms with E-state index in [2.05, 4.69) is 48.6 Å². The average Bonchev–Trinajstić information content (AvgIpc) is 3.09. The first-order valence-corrected chi connectivity index (χ1v) is 6.68. The molecule has 4 rings (SSSR count). The monoisotopic (exact) mass is 424 g/mol.